The predicted octanol–water partition coefficient (Wildman–Crippen LogP) is 2.55. The van der Waals surface area contributed by atoms with E-state index in [9.17, 15) is 0 Å². The van der Waals surface area contributed by atoms with E-state index in [0.29, 0.717) is 10.6 Å². The predicted molar refractivity (Wildman–Crippen MR) is 46.8 cm³/mol. The molecule has 0 fully saturated rings. The van der Waals surface area contributed by atoms with Crippen LogP contribution in [0.3, 0.4) is 0 Å². The van der Waals surface area contributed by atoms with E-state index in [0.717, 1.165) is 0 Å². The molecule has 12 heavy (non-hydrogen) atoms. The minimum absolute atomic E-state index is 0.561. The molecule has 1 aromatic carbocycles. The lowest BCUT2D eigenvalue weighted by Gasteiger charge is -2.07. The van der Waals surface area contributed by atoms with Crippen LogP contribution in [0, 0.1) is 11.3 Å². The summed E-state index contributed by atoms with van der Waals surface area (Å²) in [5.74, 6) is 0. The Kier molecular flexibility index (Phi) is 3.09. The van der Waals surface area contributed by atoms with Crippen molar-refractivity contribution < 1.29 is 4.74 Å². The van der Waals surface area contributed by atoms with Gasteiger partial charge >= 0.3 is 0 Å². The van der Waals surface area contributed by atoms with Gasteiger partial charge in [-0.3, -0.25) is 0 Å². The zero-order valence-electron chi connectivity index (χ0n) is 6.62. The monoisotopic (exact) mass is 181 g/mol. The molecule has 0 saturated heterocycles. The molecule has 0 bridgehead atoms. The highest BCUT2D eigenvalue weighted by Crippen LogP contribution is 2.23. The number of methoxy groups -OCH3 is 1. The van der Waals surface area contributed by atoms with E-state index < -0.39 is 6.10 Å². The quantitative estimate of drug-likeness (QED) is 0.703. The molecule has 0 N–H and O–H groups in total. The number of rotatable bonds is 2. The van der Waals surface area contributed by atoms with Crippen LogP contribution in [0.1, 0.15) is 11.7 Å². The van der Waals surface area contributed by atoms with Crippen molar-refractivity contribution >= 4 is 11.6 Å². The third-order valence-electron chi connectivity index (χ3n) is 1.54. The van der Waals surface area contributed by atoms with Gasteiger partial charge in [0.2, 0.25) is 0 Å². The van der Waals surface area contributed by atoms with Crippen molar-refractivity contribution in [3.8, 4) is 6.07 Å². The van der Waals surface area contributed by atoms with Gasteiger partial charge in [-0.25, -0.2) is 0 Å². The van der Waals surface area contributed by atoms with E-state index in [1.54, 1.807) is 12.1 Å². The van der Waals surface area contributed by atoms with Crippen LogP contribution >= 0.6 is 11.6 Å². The highest BCUT2D eigenvalue weighted by molar-refractivity contribution is 6.31. The van der Waals surface area contributed by atoms with E-state index in [1.807, 2.05) is 18.2 Å². The first-order valence-corrected chi connectivity index (χ1v) is 3.84. The second kappa shape index (κ2) is 4.10. The highest BCUT2D eigenvalue weighted by atomic mass is 35.5. The molecule has 1 rings (SSSR count). The number of ether oxygens (including phenoxy) is 1. The van der Waals surface area contributed by atoms with E-state index in [4.69, 9.17) is 21.6 Å². The molecule has 0 aliphatic carbocycles. The SMILES string of the molecule is COC(C#N)c1ccccc1Cl. The normalized spacial score (nSPS) is 12.1. The van der Waals surface area contributed by atoms with Crippen LogP contribution in [-0.4, -0.2) is 7.11 Å². The van der Waals surface area contributed by atoms with Crippen molar-refractivity contribution in [1.82, 2.24) is 0 Å². The van der Waals surface area contributed by atoms with Gasteiger partial charge < -0.3 is 4.74 Å². The summed E-state index contributed by atoms with van der Waals surface area (Å²) < 4.78 is 4.92. The van der Waals surface area contributed by atoms with E-state index in [2.05, 4.69) is 0 Å². The van der Waals surface area contributed by atoms with Gasteiger partial charge in [-0.1, -0.05) is 29.8 Å². The molecule has 0 aliphatic rings. The van der Waals surface area contributed by atoms with E-state index in [1.165, 1.54) is 7.11 Å². The molecule has 0 amide bonds. The number of nitriles is 1. The summed E-state index contributed by atoms with van der Waals surface area (Å²) in [5, 5.41) is 9.23. The van der Waals surface area contributed by atoms with Crippen molar-refractivity contribution in [3.05, 3.63) is 34.9 Å². The van der Waals surface area contributed by atoms with Crippen LogP contribution < -0.4 is 0 Å². The lowest BCUT2D eigenvalue weighted by Crippen LogP contribution is -1.98. The Morgan fingerprint density at radius 3 is 2.67 bits per heavy atom. The van der Waals surface area contributed by atoms with Gasteiger partial charge in [0, 0.05) is 17.7 Å². The molecule has 62 valence electrons. The minimum Gasteiger partial charge on any atom is -0.362 e. The zero-order chi connectivity index (χ0) is 8.97. The summed E-state index contributed by atoms with van der Waals surface area (Å²) >= 11 is 5.85. The first kappa shape index (κ1) is 9.05. The number of benzene rings is 1. The molecule has 1 aromatic rings. The fourth-order valence-electron chi connectivity index (χ4n) is 0.937. The van der Waals surface area contributed by atoms with Crippen LogP contribution in [0.2, 0.25) is 5.02 Å². The van der Waals surface area contributed by atoms with Gasteiger partial charge in [0.1, 0.15) is 0 Å². The Bertz CT molecular complexity index is 306. The molecular weight excluding hydrogens is 174 g/mol. The smallest absolute Gasteiger partial charge is 0.170 e. The van der Waals surface area contributed by atoms with Crippen molar-refractivity contribution in [1.29, 1.82) is 5.26 Å². The van der Waals surface area contributed by atoms with Crippen LogP contribution in [0.4, 0.5) is 0 Å². The van der Waals surface area contributed by atoms with Gasteiger partial charge in [0.05, 0.1) is 6.07 Å². The van der Waals surface area contributed by atoms with Crippen LogP contribution in [0.15, 0.2) is 24.3 Å². The van der Waals surface area contributed by atoms with Crippen LogP contribution in [-0.2, 0) is 4.74 Å². The maximum Gasteiger partial charge on any atom is 0.170 e. The molecule has 0 aromatic heterocycles. The van der Waals surface area contributed by atoms with Gasteiger partial charge in [-0.15, -0.1) is 0 Å². The lowest BCUT2D eigenvalue weighted by molar-refractivity contribution is 0.148. The number of halogens is 1. The number of hydrogen-bond donors (Lipinski definition) is 0. The second-order valence-corrected chi connectivity index (χ2v) is 2.67. The van der Waals surface area contributed by atoms with E-state index >= 15 is 0 Å². The summed E-state index contributed by atoms with van der Waals surface area (Å²) in [6, 6.07) is 9.16. The average molecular weight is 182 g/mol. The Labute approximate surface area is 76.3 Å². The third-order valence-corrected chi connectivity index (χ3v) is 1.88. The van der Waals surface area contributed by atoms with Gasteiger partial charge in [-0.2, -0.15) is 5.26 Å². The minimum atomic E-state index is -0.571. The Morgan fingerprint density at radius 1 is 1.50 bits per heavy atom. The third kappa shape index (κ3) is 1.76. The fourth-order valence-corrected chi connectivity index (χ4v) is 1.17. The molecule has 3 heteroatoms. The summed E-state index contributed by atoms with van der Waals surface area (Å²) in [7, 11) is 1.48. The molecule has 1 unspecified atom stereocenters. The molecule has 0 radical (unpaired) electrons. The first-order chi connectivity index (χ1) is 5.79. The molecule has 0 spiro atoms. The van der Waals surface area contributed by atoms with Crippen molar-refractivity contribution in [2.24, 2.45) is 0 Å². The summed E-state index contributed by atoms with van der Waals surface area (Å²) in [4.78, 5) is 0. The molecule has 1 atom stereocenters. The maximum atomic E-state index is 8.67. The second-order valence-electron chi connectivity index (χ2n) is 2.27. The Balaban J connectivity index is 3.02. The molecule has 0 aliphatic heterocycles. The van der Waals surface area contributed by atoms with Crippen molar-refractivity contribution in [3.63, 3.8) is 0 Å². The van der Waals surface area contributed by atoms with Crippen LogP contribution in [0.5, 0.6) is 0 Å². The molecule has 0 heterocycles. The van der Waals surface area contributed by atoms with E-state index in [-0.39, 0.29) is 0 Å². The number of nitrogens with zero attached hydrogens (tertiary/aromatic N) is 1. The highest BCUT2D eigenvalue weighted by Gasteiger charge is 2.11. The molecule has 2 nitrogen and oxygen atoms in total. The van der Waals surface area contributed by atoms with Gasteiger partial charge in [0.15, 0.2) is 6.10 Å². The van der Waals surface area contributed by atoms with Gasteiger partial charge in [-0.05, 0) is 6.07 Å². The Morgan fingerprint density at radius 2 is 2.17 bits per heavy atom. The number of hydrogen-bond acceptors (Lipinski definition) is 2. The van der Waals surface area contributed by atoms with Crippen molar-refractivity contribution in [2.75, 3.05) is 7.11 Å². The fraction of sp³-hybridized carbons (Fsp3) is 0.222. The zero-order valence-corrected chi connectivity index (χ0v) is 7.38. The van der Waals surface area contributed by atoms with Gasteiger partial charge in [0.25, 0.3) is 0 Å². The standard InChI is InChI=1S/C9H8ClNO/c1-12-9(6-11)7-4-2-3-5-8(7)10/h2-5,9H,1H3. The van der Waals surface area contributed by atoms with Crippen LogP contribution in [0.25, 0.3) is 0 Å². The lowest BCUT2D eigenvalue weighted by atomic mass is 10.1. The topological polar surface area (TPSA) is 33.0 Å². The Hall–Kier alpha value is -1.04. The molecular formula is C9H8ClNO. The molecule has 0 saturated carbocycles. The first-order valence-electron chi connectivity index (χ1n) is 3.46. The summed E-state index contributed by atoms with van der Waals surface area (Å²) in [5.41, 5.74) is 0.712. The summed E-state index contributed by atoms with van der Waals surface area (Å²) in [6.07, 6.45) is -0.571. The van der Waals surface area contributed by atoms with Crippen molar-refractivity contribution in [2.45, 2.75) is 6.10 Å². The maximum absolute atomic E-state index is 8.67. The largest absolute Gasteiger partial charge is 0.362 e. The average Bonchev–Trinajstić information content (AvgIpc) is 2.10. The summed E-state index contributed by atoms with van der Waals surface area (Å²) in [6.45, 7) is 0.